The zero-order chi connectivity index (χ0) is 19.5. The van der Waals surface area contributed by atoms with Gasteiger partial charge in [0, 0.05) is 31.3 Å². The molecule has 1 aliphatic rings. The lowest BCUT2D eigenvalue weighted by Crippen LogP contribution is -2.11. The third-order valence-electron chi connectivity index (χ3n) is 5.60. The number of carbonyl (C=O) groups is 1. The Kier molecular flexibility index (Phi) is 5.06. The van der Waals surface area contributed by atoms with Crippen molar-refractivity contribution in [2.45, 2.75) is 31.6 Å². The second-order valence-corrected chi connectivity index (χ2v) is 7.24. The van der Waals surface area contributed by atoms with Crippen LogP contribution in [0.25, 0.3) is 0 Å². The monoisotopic (exact) mass is 373 g/mol. The Morgan fingerprint density at radius 2 is 2.11 bits per heavy atom. The molecule has 0 radical (unpaired) electrons. The number of pyridine rings is 2. The minimum atomic E-state index is -0.883. The fourth-order valence-corrected chi connectivity index (χ4v) is 4.05. The molecule has 28 heavy (non-hydrogen) atoms. The summed E-state index contributed by atoms with van der Waals surface area (Å²) in [5.74, 6) is 0.507. The zero-order valence-corrected chi connectivity index (χ0v) is 15.9. The van der Waals surface area contributed by atoms with Crippen molar-refractivity contribution in [3.8, 4) is 0 Å². The molecule has 0 aliphatic heterocycles. The summed E-state index contributed by atoms with van der Waals surface area (Å²) in [6.07, 6.45) is 8.86. The molecular formula is C23H23N3O2. The summed E-state index contributed by atoms with van der Waals surface area (Å²) in [5, 5.41) is 9.35. The van der Waals surface area contributed by atoms with Crippen LogP contribution in [0.1, 0.15) is 45.8 Å². The Morgan fingerprint density at radius 3 is 2.89 bits per heavy atom. The molecule has 0 saturated heterocycles. The second-order valence-electron chi connectivity index (χ2n) is 7.24. The van der Waals surface area contributed by atoms with E-state index in [0.717, 1.165) is 42.8 Å². The minimum absolute atomic E-state index is 0.362. The smallest absolute Gasteiger partial charge is 0.336 e. The van der Waals surface area contributed by atoms with E-state index in [1.165, 1.54) is 17.3 Å². The zero-order valence-electron chi connectivity index (χ0n) is 15.9. The summed E-state index contributed by atoms with van der Waals surface area (Å²) in [6.45, 7) is 0. The molecule has 4 rings (SSSR count). The lowest BCUT2D eigenvalue weighted by molar-refractivity contribution is 0.0695. The Balaban J connectivity index is 1.49. The number of fused-ring (bicyclic) bond motifs is 1. The van der Waals surface area contributed by atoms with Gasteiger partial charge in [-0.15, -0.1) is 0 Å². The summed E-state index contributed by atoms with van der Waals surface area (Å²) < 4.78 is 0. The van der Waals surface area contributed by atoms with Crippen molar-refractivity contribution in [3.05, 3.63) is 83.3 Å². The fraction of sp³-hybridized carbons (Fsp3) is 0.261. The van der Waals surface area contributed by atoms with Gasteiger partial charge < -0.3 is 10.0 Å². The maximum absolute atomic E-state index is 11.4. The summed E-state index contributed by atoms with van der Waals surface area (Å²) in [7, 11) is 2.03. The highest BCUT2D eigenvalue weighted by atomic mass is 16.4. The van der Waals surface area contributed by atoms with E-state index in [0.29, 0.717) is 11.5 Å². The first kappa shape index (κ1) is 18.2. The second kappa shape index (κ2) is 7.80. The average Bonchev–Trinajstić information content (AvgIpc) is 3.14. The van der Waals surface area contributed by atoms with Crippen molar-refractivity contribution in [2.75, 3.05) is 11.9 Å². The number of carboxylic acids is 1. The predicted molar refractivity (Wildman–Crippen MR) is 109 cm³/mol. The molecule has 2 heterocycles. The normalized spacial score (nSPS) is 15.2. The highest BCUT2D eigenvalue weighted by molar-refractivity contribution is 5.89. The minimum Gasteiger partial charge on any atom is -0.478 e. The van der Waals surface area contributed by atoms with Crippen molar-refractivity contribution < 1.29 is 9.90 Å². The Bertz CT molecular complexity index is 988. The van der Waals surface area contributed by atoms with Gasteiger partial charge in [0.2, 0.25) is 0 Å². The maximum Gasteiger partial charge on any atom is 0.336 e. The van der Waals surface area contributed by atoms with Gasteiger partial charge in [-0.05, 0) is 78.6 Å². The van der Waals surface area contributed by atoms with Gasteiger partial charge in [-0.1, -0.05) is 12.1 Å². The predicted octanol–water partition coefficient (Wildman–Crippen LogP) is 4.61. The number of anilines is 2. The summed E-state index contributed by atoms with van der Waals surface area (Å²) >= 11 is 0. The number of benzene rings is 1. The van der Waals surface area contributed by atoms with E-state index in [-0.39, 0.29) is 0 Å². The summed E-state index contributed by atoms with van der Waals surface area (Å²) in [4.78, 5) is 22.0. The molecule has 1 N–H and O–H groups in total. The maximum atomic E-state index is 11.4. The molecule has 0 amide bonds. The molecule has 0 saturated carbocycles. The molecule has 0 fully saturated rings. The van der Waals surface area contributed by atoms with Gasteiger partial charge in [-0.2, -0.15) is 0 Å². The first-order chi connectivity index (χ1) is 13.6. The van der Waals surface area contributed by atoms with Crippen LogP contribution >= 0.6 is 0 Å². The van der Waals surface area contributed by atoms with Crippen molar-refractivity contribution in [3.63, 3.8) is 0 Å². The van der Waals surface area contributed by atoms with Gasteiger partial charge in [-0.25, -0.2) is 9.78 Å². The molecule has 5 nitrogen and oxygen atoms in total. The van der Waals surface area contributed by atoms with E-state index in [1.807, 2.05) is 25.2 Å². The molecule has 2 aromatic heterocycles. The largest absolute Gasteiger partial charge is 0.478 e. The van der Waals surface area contributed by atoms with Crippen LogP contribution in [0.15, 0.2) is 61.1 Å². The van der Waals surface area contributed by atoms with Crippen LogP contribution < -0.4 is 4.90 Å². The topological polar surface area (TPSA) is 66.3 Å². The SMILES string of the molecule is CN(c1ccc2c(c1)CC[C@H]2CCc1cnccc1C(=O)O)c1ccccn1. The highest BCUT2D eigenvalue weighted by Gasteiger charge is 2.24. The van der Waals surface area contributed by atoms with E-state index < -0.39 is 5.97 Å². The van der Waals surface area contributed by atoms with Crippen LogP contribution in [-0.4, -0.2) is 28.1 Å². The average molecular weight is 373 g/mol. The number of aromatic carboxylic acids is 1. The Labute approximate surface area is 164 Å². The lowest BCUT2D eigenvalue weighted by Gasteiger charge is -2.20. The Morgan fingerprint density at radius 1 is 1.21 bits per heavy atom. The van der Waals surface area contributed by atoms with Crippen LogP contribution in [0, 0.1) is 0 Å². The van der Waals surface area contributed by atoms with E-state index in [9.17, 15) is 9.90 Å². The van der Waals surface area contributed by atoms with Crippen molar-refractivity contribution in [1.29, 1.82) is 0 Å². The van der Waals surface area contributed by atoms with Gasteiger partial charge in [0.25, 0.3) is 0 Å². The molecular weight excluding hydrogens is 350 g/mol. The molecule has 0 unspecified atom stereocenters. The van der Waals surface area contributed by atoms with Crippen molar-refractivity contribution in [1.82, 2.24) is 9.97 Å². The molecule has 0 bridgehead atoms. The number of aryl methyl sites for hydroxylation is 2. The first-order valence-corrected chi connectivity index (χ1v) is 9.57. The number of carboxylic acid groups (broad SMARTS) is 1. The van der Waals surface area contributed by atoms with Crippen molar-refractivity contribution in [2.24, 2.45) is 0 Å². The quantitative estimate of drug-likeness (QED) is 0.684. The standard InChI is InChI=1S/C23H23N3O2/c1-26(22-4-2-3-12-25-22)19-9-10-20-16(5-7-17(20)14-19)6-8-18-15-24-13-11-21(18)23(27)28/h2-4,9-16H,5-8H2,1H3,(H,27,28)/t16-/m0/s1. The summed E-state index contributed by atoms with van der Waals surface area (Å²) in [5.41, 5.74) is 5.09. The van der Waals surface area contributed by atoms with E-state index in [1.54, 1.807) is 18.5 Å². The number of nitrogens with zero attached hydrogens (tertiary/aromatic N) is 3. The van der Waals surface area contributed by atoms with Crippen LogP contribution in [0.5, 0.6) is 0 Å². The molecule has 0 spiro atoms. The third-order valence-corrected chi connectivity index (χ3v) is 5.60. The first-order valence-electron chi connectivity index (χ1n) is 9.57. The van der Waals surface area contributed by atoms with E-state index in [2.05, 4.69) is 33.1 Å². The number of hydrogen-bond donors (Lipinski definition) is 1. The Hall–Kier alpha value is -3.21. The summed E-state index contributed by atoms with van der Waals surface area (Å²) in [6, 6.07) is 14.1. The van der Waals surface area contributed by atoms with Gasteiger partial charge in [0.05, 0.1) is 5.56 Å². The highest BCUT2D eigenvalue weighted by Crippen LogP contribution is 2.38. The molecule has 1 aliphatic carbocycles. The van der Waals surface area contributed by atoms with Gasteiger partial charge >= 0.3 is 5.97 Å². The number of aromatic nitrogens is 2. The third kappa shape index (κ3) is 3.60. The van der Waals surface area contributed by atoms with E-state index >= 15 is 0 Å². The number of hydrogen-bond acceptors (Lipinski definition) is 4. The number of rotatable bonds is 6. The van der Waals surface area contributed by atoms with Crippen LogP contribution in [0.4, 0.5) is 11.5 Å². The molecule has 5 heteroatoms. The van der Waals surface area contributed by atoms with E-state index in [4.69, 9.17) is 0 Å². The molecule has 1 aromatic carbocycles. The van der Waals surface area contributed by atoms with Crippen LogP contribution in [-0.2, 0) is 12.8 Å². The van der Waals surface area contributed by atoms with Crippen molar-refractivity contribution >= 4 is 17.5 Å². The molecule has 1 atom stereocenters. The van der Waals surface area contributed by atoms with Crippen LogP contribution in [0.3, 0.4) is 0 Å². The van der Waals surface area contributed by atoms with Gasteiger partial charge in [0.1, 0.15) is 5.82 Å². The fourth-order valence-electron chi connectivity index (χ4n) is 4.05. The van der Waals surface area contributed by atoms with Gasteiger partial charge in [0.15, 0.2) is 0 Å². The van der Waals surface area contributed by atoms with Crippen LogP contribution in [0.2, 0.25) is 0 Å². The molecule has 142 valence electrons. The molecule has 3 aromatic rings. The lowest BCUT2D eigenvalue weighted by atomic mass is 9.93. The van der Waals surface area contributed by atoms with Gasteiger partial charge in [-0.3, -0.25) is 4.98 Å².